The summed E-state index contributed by atoms with van der Waals surface area (Å²) in [7, 11) is 0. The van der Waals surface area contributed by atoms with Crippen molar-refractivity contribution in [2.75, 3.05) is 6.54 Å². The van der Waals surface area contributed by atoms with E-state index in [9.17, 15) is 14.9 Å². The van der Waals surface area contributed by atoms with Gasteiger partial charge < -0.3 is 5.73 Å². The van der Waals surface area contributed by atoms with Crippen molar-refractivity contribution < 1.29 is 9.59 Å². The van der Waals surface area contributed by atoms with Crippen LogP contribution in [0.2, 0.25) is 0 Å². The summed E-state index contributed by atoms with van der Waals surface area (Å²) in [6.45, 7) is 6.46. The molecule has 1 saturated carbocycles. The second kappa shape index (κ2) is 5.82. The molecule has 0 unspecified atom stereocenters. The van der Waals surface area contributed by atoms with E-state index in [0.717, 1.165) is 24.8 Å². The number of carbonyl (C=O) groups is 2. The molecule has 2 N–H and O–H groups in total. The molecule has 4 nitrogen and oxygen atoms in total. The highest BCUT2D eigenvalue weighted by Gasteiger charge is 2.59. The van der Waals surface area contributed by atoms with Crippen LogP contribution in [-0.2, 0) is 9.59 Å². The van der Waals surface area contributed by atoms with Gasteiger partial charge >= 0.3 is 0 Å². The molecule has 0 radical (unpaired) electrons. The van der Waals surface area contributed by atoms with Crippen LogP contribution < -0.4 is 5.73 Å². The molecule has 0 aromatic rings. The molecule has 0 spiro atoms. The van der Waals surface area contributed by atoms with Gasteiger partial charge in [-0.15, -0.1) is 12.4 Å². The Kier molecular flexibility index (Phi) is 4.58. The second-order valence-corrected chi connectivity index (χ2v) is 8.10. The predicted molar refractivity (Wildman–Crippen MR) is 94.4 cm³/mol. The van der Waals surface area contributed by atoms with E-state index in [4.69, 9.17) is 5.73 Å². The number of ketones is 2. The first-order valence-electron chi connectivity index (χ1n) is 8.34. The quantitative estimate of drug-likeness (QED) is 0.789. The van der Waals surface area contributed by atoms with Gasteiger partial charge in [0.2, 0.25) is 0 Å². The van der Waals surface area contributed by atoms with E-state index >= 15 is 0 Å². The van der Waals surface area contributed by atoms with Crippen molar-refractivity contribution in [2.45, 2.75) is 46.5 Å². The fraction of sp³-hybridized carbons (Fsp3) is 0.632. The lowest BCUT2D eigenvalue weighted by Crippen LogP contribution is -2.55. The monoisotopic (exact) mass is 348 g/mol. The van der Waals surface area contributed by atoms with Crippen molar-refractivity contribution in [1.29, 1.82) is 5.26 Å². The van der Waals surface area contributed by atoms with Crippen LogP contribution in [-0.4, -0.2) is 18.1 Å². The zero-order chi connectivity index (χ0) is 17.0. The lowest BCUT2D eigenvalue weighted by atomic mass is 9.44. The average molecular weight is 349 g/mol. The van der Waals surface area contributed by atoms with Gasteiger partial charge in [0.15, 0.2) is 11.6 Å². The molecular weight excluding hydrogens is 324 g/mol. The predicted octanol–water partition coefficient (Wildman–Crippen LogP) is 3.12. The number of nitrogens with two attached hydrogens (primary N) is 1. The summed E-state index contributed by atoms with van der Waals surface area (Å²) in [5.41, 5.74) is 6.20. The highest BCUT2D eigenvalue weighted by molar-refractivity contribution is 6.04. The highest BCUT2D eigenvalue weighted by Crippen LogP contribution is 2.63. The number of hydrogen-bond acceptors (Lipinski definition) is 4. The summed E-state index contributed by atoms with van der Waals surface area (Å²) in [4.78, 5) is 24.7. The van der Waals surface area contributed by atoms with Gasteiger partial charge in [-0.3, -0.25) is 9.59 Å². The number of nitrogens with zero attached hydrogens (tertiary/aromatic N) is 1. The Balaban J connectivity index is 0.00000208. The lowest BCUT2D eigenvalue weighted by molar-refractivity contribution is -0.130. The van der Waals surface area contributed by atoms with Crippen LogP contribution in [0.5, 0.6) is 0 Å². The largest absolute Gasteiger partial charge is 0.330 e. The fourth-order valence-corrected chi connectivity index (χ4v) is 5.33. The summed E-state index contributed by atoms with van der Waals surface area (Å²) in [6.07, 6.45) is 6.71. The molecule has 0 aromatic heterocycles. The number of hydrogen-bond donors (Lipinski definition) is 1. The van der Waals surface area contributed by atoms with Crippen LogP contribution in [0.1, 0.15) is 46.5 Å². The molecule has 0 heterocycles. The van der Waals surface area contributed by atoms with Gasteiger partial charge in [-0.25, -0.2) is 0 Å². The number of allylic oxidation sites excluding steroid dienone is 3. The minimum atomic E-state index is -0.601. The van der Waals surface area contributed by atoms with E-state index in [2.05, 4.69) is 13.0 Å². The van der Waals surface area contributed by atoms with Crippen LogP contribution in [0, 0.1) is 33.5 Å². The molecule has 3 aliphatic rings. The van der Waals surface area contributed by atoms with Crippen LogP contribution in [0.25, 0.3) is 0 Å². The van der Waals surface area contributed by atoms with Gasteiger partial charge in [0.25, 0.3) is 0 Å². The maximum absolute atomic E-state index is 12.6. The number of fused-ring (bicyclic) bond motifs is 3. The van der Waals surface area contributed by atoms with E-state index in [1.165, 1.54) is 0 Å². The first-order valence-corrected chi connectivity index (χ1v) is 8.34. The molecule has 130 valence electrons. The number of Topliss-reactive ketones (excluding diaryl/α,β-unsaturated/α-hetero) is 1. The van der Waals surface area contributed by atoms with Gasteiger partial charge in [0, 0.05) is 29.2 Å². The van der Waals surface area contributed by atoms with Gasteiger partial charge in [-0.1, -0.05) is 26.8 Å². The third-order valence-corrected chi connectivity index (χ3v) is 6.60. The standard InChI is InChI=1S/C19H24N2O2.ClH/c1-17(2)14-5-7-19(11-21)6-4-13(22)8-15(19)18(14,3)9-12(10-20)16(17)23;/h8-9,14H,4-7,11,21H2,1-3H3;1H/t14-,18-,19+;/m0./s1. The van der Waals surface area contributed by atoms with Crippen molar-refractivity contribution in [1.82, 2.24) is 0 Å². The minimum Gasteiger partial charge on any atom is -0.330 e. The summed E-state index contributed by atoms with van der Waals surface area (Å²) in [6, 6.07) is 2.07. The fourth-order valence-electron chi connectivity index (χ4n) is 5.33. The lowest BCUT2D eigenvalue weighted by Gasteiger charge is -2.58. The van der Waals surface area contributed by atoms with Gasteiger partial charge in [0.1, 0.15) is 6.07 Å². The maximum Gasteiger partial charge on any atom is 0.178 e. The smallest absolute Gasteiger partial charge is 0.178 e. The number of carbonyl (C=O) groups excluding carboxylic acids is 2. The summed E-state index contributed by atoms with van der Waals surface area (Å²) in [5.74, 6) is 0.148. The Morgan fingerprint density at radius 2 is 1.96 bits per heavy atom. The third kappa shape index (κ3) is 2.29. The molecule has 0 aliphatic heterocycles. The first kappa shape index (κ1) is 18.9. The Hall–Kier alpha value is -1.44. The molecular formula is C19H25ClN2O2. The molecule has 0 saturated heterocycles. The molecule has 3 atom stereocenters. The number of halogens is 1. The SMILES string of the molecule is CC1(C)C(=O)C(C#N)=C[C@]2(C)C3=CC(=O)CC[C@]3(CN)CC[C@@H]12.Cl. The molecule has 5 heteroatoms. The van der Waals surface area contributed by atoms with Crippen molar-refractivity contribution in [3.63, 3.8) is 0 Å². The molecule has 0 amide bonds. The summed E-state index contributed by atoms with van der Waals surface area (Å²) < 4.78 is 0. The molecule has 3 rings (SSSR count). The zero-order valence-corrected chi connectivity index (χ0v) is 15.3. The number of rotatable bonds is 1. The van der Waals surface area contributed by atoms with Gasteiger partial charge in [0.05, 0.1) is 5.57 Å². The van der Waals surface area contributed by atoms with E-state index in [-0.39, 0.29) is 40.9 Å². The normalized spacial score (nSPS) is 37.2. The van der Waals surface area contributed by atoms with Gasteiger partial charge in [-0.05, 0) is 36.8 Å². The summed E-state index contributed by atoms with van der Waals surface area (Å²) in [5, 5.41) is 9.42. The maximum atomic E-state index is 12.6. The Labute approximate surface area is 149 Å². The van der Waals surface area contributed by atoms with E-state index in [1.54, 1.807) is 6.08 Å². The van der Waals surface area contributed by atoms with E-state index < -0.39 is 10.8 Å². The Morgan fingerprint density at radius 1 is 1.29 bits per heavy atom. The molecule has 0 bridgehead atoms. The minimum absolute atomic E-state index is 0. The van der Waals surface area contributed by atoms with Crippen molar-refractivity contribution in [3.05, 3.63) is 23.3 Å². The third-order valence-electron chi connectivity index (χ3n) is 6.60. The van der Waals surface area contributed by atoms with E-state index in [0.29, 0.717) is 13.0 Å². The average Bonchev–Trinajstić information content (AvgIpc) is 2.52. The van der Waals surface area contributed by atoms with Crippen LogP contribution in [0.15, 0.2) is 23.3 Å². The zero-order valence-electron chi connectivity index (χ0n) is 14.5. The Morgan fingerprint density at radius 3 is 2.54 bits per heavy atom. The second-order valence-electron chi connectivity index (χ2n) is 8.10. The first-order chi connectivity index (χ1) is 10.7. The van der Waals surface area contributed by atoms with Crippen molar-refractivity contribution in [2.24, 2.45) is 27.9 Å². The Bertz CT molecular complexity index is 701. The number of nitriles is 1. The van der Waals surface area contributed by atoms with E-state index in [1.807, 2.05) is 19.9 Å². The van der Waals surface area contributed by atoms with Crippen LogP contribution in [0.3, 0.4) is 0 Å². The van der Waals surface area contributed by atoms with Crippen LogP contribution in [0.4, 0.5) is 0 Å². The topological polar surface area (TPSA) is 84.0 Å². The molecule has 24 heavy (non-hydrogen) atoms. The molecule has 3 aliphatic carbocycles. The van der Waals surface area contributed by atoms with Crippen molar-refractivity contribution >= 4 is 24.0 Å². The molecule has 0 aromatic carbocycles. The van der Waals surface area contributed by atoms with Gasteiger partial charge in [-0.2, -0.15) is 5.26 Å². The summed E-state index contributed by atoms with van der Waals surface area (Å²) >= 11 is 0. The van der Waals surface area contributed by atoms with Crippen LogP contribution >= 0.6 is 12.4 Å². The molecule has 1 fully saturated rings. The van der Waals surface area contributed by atoms with Crippen molar-refractivity contribution in [3.8, 4) is 6.07 Å². The highest BCUT2D eigenvalue weighted by atomic mass is 35.5.